The summed E-state index contributed by atoms with van der Waals surface area (Å²) in [5.74, 6) is -5.90. The Morgan fingerprint density at radius 3 is 2.17 bits per heavy atom. The maximum atomic E-state index is 13.2. The van der Waals surface area contributed by atoms with Gasteiger partial charge in [-0.3, -0.25) is 19.2 Å². The maximum absolute atomic E-state index is 13.2. The number of H-pyrrole nitrogens is 1. The van der Waals surface area contributed by atoms with E-state index < -0.39 is 72.8 Å². The molecule has 3 amide bonds. The standard InChI is InChI=1S/C23H31N5O8/c1-11(2)19(22(34)27-17(23(35)36)8-18(30)31)28-21(33)16(26-20(32)14(24)10-29)7-12-9-25-15-6-4-3-5-13(12)15/h3-6,9,11,14,16-17,19,25,29H,7-8,10,24H2,1-2H3,(H,26,32)(H,27,34)(H,28,33)(H,30,31)(H,35,36). The van der Waals surface area contributed by atoms with Crippen molar-refractivity contribution in [3.05, 3.63) is 36.0 Å². The fraction of sp³-hybridized carbons (Fsp3) is 0.435. The van der Waals surface area contributed by atoms with Gasteiger partial charge in [0.25, 0.3) is 0 Å². The van der Waals surface area contributed by atoms with E-state index in [1.807, 2.05) is 24.3 Å². The van der Waals surface area contributed by atoms with Crippen molar-refractivity contribution < 1.29 is 39.3 Å². The number of aliphatic hydroxyl groups excluding tert-OH is 1. The molecule has 1 heterocycles. The quantitative estimate of drug-likeness (QED) is 0.162. The number of amides is 3. The van der Waals surface area contributed by atoms with E-state index in [4.69, 9.17) is 10.8 Å². The van der Waals surface area contributed by atoms with E-state index in [1.54, 1.807) is 20.0 Å². The Morgan fingerprint density at radius 1 is 0.944 bits per heavy atom. The molecule has 0 aliphatic rings. The number of nitrogens with two attached hydrogens (primary N) is 1. The molecule has 0 bridgehead atoms. The summed E-state index contributed by atoms with van der Waals surface area (Å²) in [6, 6.07) is 1.90. The van der Waals surface area contributed by atoms with E-state index in [0.717, 1.165) is 10.9 Å². The average molecular weight is 506 g/mol. The second-order valence-corrected chi connectivity index (χ2v) is 8.64. The molecule has 1 aromatic carbocycles. The molecule has 0 saturated heterocycles. The zero-order valence-corrected chi connectivity index (χ0v) is 19.9. The summed E-state index contributed by atoms with van der Waals surface area (Å²) in [7, 11) is 0. The number of carboxylic acid groups (broad SMARTS) is 2. The van der Waals surface area contributed by atoms with Crippen molar-refractivity contribution in [2.45, 2.75) is 50.9 Å². The van der Waals surface area contributed by atoms with E-state index in [0.29, 0.717) is 5.56 Å². The number of aliphatic hydroxyl groups is 1. The third-order valence-corrected chi connectivity index (χ3v) is 5.51. The molecule has 0 aliphatic heterocycles. The first-order valence-corrected chi connectivity index (χ1v) is 11.2. The highest BCUT2D eigenvalue weighted by molar-refractivity contribution is 5.95. The predicted molar refractivity (Wildman–Crippen MR) is 128 cm³/mol. The van der Waals surface area contributed by atoms with Crippen molar-refractivity contribution in [3.8, 4) is 0 Å². The number of aliphatic carboxylic acids is 2. The predicted octanol–water partition coefficient (Wildman–Crippen LogP) is -1.30. The van der Waals surface area contributed by atoms with Crippen molar-refractivity contribution in [2.75, 3.05) is 6.61 Å². The summed E-state index contributed by atoms with van der Waals surface area (Å²) < 4.78 is 0. The van der Waals surface area contributed by atoms with Crippen LogP contribution >= 0.6 is 0 Å². The van der Waals surface area contributed by atoms with Crippen LogP contribution in [0.5, 0.6) is 0 Å². The summed E-state index contributed by atoms with van der Waals surface area (Å²) >= 11 is 0. The van der Waals surface area contributed by atoms with Crippen LogP contribution < -0.4 is 21.7 Å². The third-order valence-electron chi connectivity index (χ3n) is 5.51. The zero-order valence-electron chi connectivity index (χ0n) is 19.9. The minimum Gasteiger partial charge on any atom is -0.481 e. The van der Waals surface area contributed by atoms with Crippen LogP contribution in [0.4, 0.5) is 0 Å². The molecule has 2 rings (SSSR count). The van der Waals surface area contributed by atoms with Crippen LogP contribution in [0.3, 0.4) is 0 Å². The van der Waals surface area contributed by atoms with Gasteiger partial charge in [-0.15, -0.1) is 0 Å². The van der Waals surface area contributed by atoms with E-state index in [2.05, 4.69) is 20.9 Å². The van der Waals surface area contributed by atoms with Gasteiger partial charge in [-0.25, -0.2) is 4.79 Å². The number of nitrogens with one attached hydrogen (secondary N) is 4. The Bertz CT molecular complexity index is 1110. The number of rotatable bonds is 13. The Hall–Kier alpha value is -3.97. The number of aromatic amines is 1. The summed E-state index contributed by atoms with van der Waals surface area (Å²) in [4.78, 5) is 63.7. The van der Waals surface area contributed by atoms with Crippen molar-refractivity contribution in [3.63, 3.8) is 0 Å². The first kappa shape index (κ1) is 28.3. The van der Waals surface area contributed by atoms with Gasteiger partial charge >= 0.3 is 11.9 Å². The molecular formula is C23H31N5O8. The second-order valence-electron chi connectivity index (χ2n) is 8.64. The molecule has 0 fully saturated rings. The lowest BCUT2D eigenvalue weighted by Crippen LogP contribution is -2.59. The molecule has 4 unspecified atom stereocenters. The van der Waals surface area contributed by atoms with Crippen LogP contribution in [-0.2, 0) is 30.4 Å². The summed E-state index contributed by atoms with van der Waals surface area (Å²) in [5, 5.41) is 35.3. The van der Waals surface area contributed by atoms with Crippen molar-refractivity contribution in [1.29, 1.82) is 0 Å². The number of hydrogen-bond donors (Lipinski definition) is 8. The monoisotopic (exact) mass is 505 g/mol. The fourth-order valence-corrected chi connectivity index (χ4v) is 3.52. The van der Waals surface area contributed by atoms with Crippen LogP contribution in [-0.4, -0.2) is 80.7 Å². The van der Waals surface area contributed by atoms with Crippen LogP contribution in [0.25, 0.3) is 10.9 Å². The topological polar surface area (TPSA) is 224 Å². The Labute approximate surface area is 206 Å². The Kier molecular flexibility index (Phi) is 9.93. The van der Waals surface area contributed by atoms with E-state index in [-0.39, 0.29) is 6.42 Å². The van der Waals surface area contributed by atoms with Crippen LogP contribution in [0, 0.1) is 5.92 Å². The lowest BCUT2D eigenvalue weighted by atomic mass is 10.00. The van der Waals surface area contributed by atoms with Crippen molar-refractivity contribution >= 4 is 40.6 Å². The Balaban J connectivity index is 2.27. The van der Waals surface area contributed by atoms with Crippen LogP contribution in [0.15, 0.2) is 30.5 Å². The second kappa shape index (κ2) is 12.7. The zero-order chi connectivity index (χ0) is 27.0. The fourth-order valence-electron chi connectivity index (χ4n) is 3.52. The minimum atomic E-state index is -1.70. The third kappa shape index (κ3) is 7.52. The highest BCUT2D eigenvalue weighted by Gasteiger charge is 2.33. The largest absolute Gasteiger partial charge is 0.481 e. The molecule has 13 nitrogen and oxygen atoms in total. The number of para-hydroxylation sites is 1. The summed E-state index contributed by atoms with van der Waals surface area (Å²) in [6.07, 6.45) is 0.847. The maximum Gasteiger partial charge on any atom is 0.326 e. The molecule has 0 saturated carbocycles. The number of carbonyl (C=O) groups is 5. The molecule has 196 valence electrons. The van der Waals surface area contributed by atoms with E-state index >= 15 is 0 Å². The SMILES string of the molecule is CC(C)C(NC(=O)C(Cc1c[nH]c2ccccc12)NC(=O)C(N)CO)C(=O)NC(CC(=O)O)C(=O)O. The number of aromatic nitrogens is 1. The van der Waals surface area contributed by atoms with Gasteiger partial charge < -0.3 is 42.0 Å². The number of hydrogen-bond acceptors (Lipinski definition) is 7. The molecular weight excluding hydrogens is 474 g/mol. The average Bonchev–Trinajstić information content (AvgIpc) is 3.22. The first-order chi connectivity index (χ1) is 16.9. The molecule has 0 spiro atoms. The smallest absolute Gasteiger partial charge is 0.326 e. The highest BCUT2D eigenvalue weighted by Crippen LogP contribution is 2.19. The molecule has 36 heavy (non-hydrogen) atoms. The molecule has 4 atom stereocenters. The highest BCUT2D eigenvalue weighted by atomic mass is 16.4. The number of carbonyl (C=O) groups excluding carboxylic acids is 3. The van der Waals surface area contributed by atoms with Gasteiger partial charge in [-0.1, -0.05) is 32.0 Å². The number of carboxylic acids is 2. The van der Waals surface area contributed by atoms with Crippen molar-refractivity contribution in [1.82, 2.24) is 20.9 Å². The molecule has 1 aromatic heterocycles. The molecule has 9 N–H and O–H groups in total. The molecule has 0 radical (unpaired) electrons. The van der Waals surface area contributed by atoms with Gasteiger partial charge in [-0.2, -0.15) is 0 Å². The van der Waals surface area contributed by atoms with Gasteiger partial charge in [0.15, 0.2) is 0 Å². The van der Waals surface area contributed by atoms with Gasteiger partial charge in [0, 0.05) is 23.5 Å². The summed E-state index contributed by atoms with van der Waals surface area (Å²) in [5.41, 5.74) is 7.09. The van der Waals surface area contributed by atoms with Crippen LogP contribution in [0.2, 0.25) is 0 Å². The van der Waals surface area contributed by atoms with Crippen LogP contribution in [0.1, 0.15) is 25.8 Å². The van der Waals surface area contributed by atoms with Crippen molar-refractivity contribution in [2.24, 2.45) is 11.7 Å². The van der Waals surface area contributed by atoms with Gasteiger partial charge in [0.2, 0.25) is 17.7 Å². The summed E-state index contributed by atoms with van der Waals surface area (Å²) in [6.45, 7) is 2.56. The molecule has 13 heteroatoms. The minimum absolute atomic E-state index is 0.0168. The van der Waals surface area contributed by atoms with Gasteiger partial charge in [0.05, 0.1) is 13.0 Å². The van der Waals surface area contributed by atoms with E-state index in [1.165, 1.54) is 0 Å². The molecule has 2 aromatic rings. The molecule has 0 aliphatic carbocycles. The lowest BCUT2D eigenvalue weighted by molar-refractivity contribution is -0.147. The van der Waals surface area contributed by atoms with E-state index in [9.17, 15) is 34.2 Å². The number of fused-ring (bicyclic) bond motifs is 1. The normalized spacial score (nSPS) is 14.5. The van der Waals surface area contributed by atoms with Gasteiger partial charge in [0.1, 0.15) is 24.2 Å². The lowest BCUT2D eigenvalue weighted by Gasteiger charge is -2.26. The first-order valence-electron chi connectivity index (χ1n) is 11.2. The van der Waals surface area contributed by atoms with Gasteiger partial charge in [-0.05, 0) is 17.5 Å². The number of benzene rings is 1. The Morgan fingerprint density at radius 2 is 1.58 bits per heavy atom.